The first-order valence-corrected chi connectivity index (χ1v) is 4.78. The first-order chi connectivity index (χ1) is 6.79. The number of aliphatic hydroxyl groups is 1. The fourth-order valence-corrected chi connectivity index (χ4v) is 1.42. The molecule has 1 aliphatic heterocycles. The predicted molar refractivity (Wildman–Crippen MR) is 54.4 cm³/mol. The molecule has 1 fully saturated rings. The number of anilines is 2. The molecule has 0 unspecified atom stereocenters. The zero-order valence-electron chi connectivity index (χ0n) is 8.14. The standard InChI is InChI=1S/C9H14N4O/c1-2-11-8-3-10-4-9(12-8)13-5-7(14)6-13/h3-4,7,14H,2,5-6H2,1H3,(H,11,12). The van der Waals surface area contributed by atoms with E-state index in [1.54, 1.807) is 12.4 Å². The minimum absolute atomic E-state index is 0.209. The second-order valence-corrected chi connectivity index (χ2v) is 3.35. The maximum absolute atomic E-state index is 9.15. The van der Waals surface area contributed by atoms with Gasteiger partial charge in [-0.2, -0.15) is 0 Å². The van der Waals surface area contributed by atoms with E-state index in [0.717, 1.165) is 18.2 Å². The number of hydrogen-bond donors (Lipinski definition) is 2. The molecule has 0 radical (unpaired) electrons. The van der Waals surface area contributed by atoms with E-state index >= 15 is 0 Å². The van der Waals surface area contributed by atoms with Crippen LogP contribution in [0, 0.1) is 0 Å². The molecule has 5 heteroatoms. The largest absolute Gasteiger partial charge is 0.389 e. The Balaban J connectivity index is 2.06. The average Bonchev–Trinajstić information content (AvgIpc) is 2.14. The lowest BCUT2D eigenvalue weighted by Crippen LogP contribution is -2.51. The van der Waals surface area contributed by atoms with Crippen molar-refractivity contribution in [1.29, 1.82) is 0 Å². The van der Waals surface area contributed by atoms with Gasteiger partial charge >= 0.3 is 0 Å². The number of aliphatic hydroxyl groups excluding tert-OH is 1. The van der Waals surface area contributed by atoms with Crippen molar-refractivity contribution in [3.63, 3.8) is 0 Å². The van der Waals surface area contributed by atoms with Crippen molar-refractivity contribution in [2.45, 2.75) is 13.0 Å². The molecule has 1 saturated heterocycles. The van der Waals surface area contributed by atoms with Crippen LogP contribution in [0.15, 0.2) is 12.4 Å². The molecule has 0 amide bonds. The summed E-state index contributed by atoms with van der Waals surface area (Å²) in [4.78, 5) is 10.4. The summed E-state index contributed by atoms with van der Waals surface area (Å²) in [5.41, 5.74) is 0. The van der Waals surface area contributed by atoms with Crippen LogP contribution >= 0.6 is 0 Å². The molecule has 1 aliphatic rings. The summed E-state index contributed by atoms with van der Waals surface area (Å²) in [6.45, 7) is 4.16. The Morgan fingerprint density at radius 3 is 3.00 bits per heavy atom. The van der Waals surface area contributed by atoms with Crippen LogP contribution in [0.4, 0.5) is 11.6 Å². The van der Waals surface area contributed by atoms with Gasteiger partial charge < -0.3 is 15.3 Å². The van der Waals surface area contributed by atoms with Gasteiger partial charge in [0.2, 0.25) is 0 Å². The zero-order chi connectivity index (χ0) is 9.97. The van der Waals surface area contributed by atoms with E-state index in [2.05, 4.69) is 15.3 Å². The van der Waals surface area contributed by atoms with Gasteiger partial charge in [0.1, 0.15) is 11.6 Å². The first-order valence-electron chi connectivity index (χ1n) is 4.78. The monoisotopic (exact) mass is 194 g/mol. The molecule has 0 bridgehead atoms. The van der Waals surface area contributed by atoms with Crippen LogP contribution < -0.4 is 10.2 Å². The summed E-state index contributed by atoms with van der Waals surface area (Å²) in [6, 6.07) is 0. The van der Waals surface area contributed by atoms with Gasteiger partial charge in [0.15, 0.2) is 0 Å². The minimum atomic E-state index is -0.209. The fraction of sp³-hybridized carbons (Fsp3) is 0.556. The zero-order valence-corrected chi connectivity index (χ0v) is 8.14. The molecule has 5 nitrogen and oxygen atoms in total. The maximum atomic E-state index is 9.15. The predicted octanol–water partition coefficient (Wildman–Crippen LogP) is 0.0893. The van der Waals surface area contributed by atoms with Crippen molar-refractivity contribution in [1.82, 2.24) is 9.97 Å². The molecule has 2 rings (SSSR count). The van der Waals surface area contributed by atoms with E-state index in [-0.39, 0.29) is 6.10 Å². The van der Waals surface area contributed by atoms with E-state index in [1.807, 2.05) is 11.8 Å². The third-order valence-corrected chi connectivity index (χ3v) is 2.17. The van der Waals surface area contributed by atoms with Crippen LogP contribution in [0.3, 0.4) is 0 Å². The molecule has 0 saturated carbocycles. The lowest BCUT2D eigenvalue weighted by Gasteiger charge is -2.36. The van der Waals surface area contributed by atoms with Gasteiger partial charge in [-0.15, -0.1) is 0 Å². The molecule has 1 aromatic heterocycles. The van der Waals surface area contributed by atoms with Gasteiger partial charge in [0, 0.05) is 19.6 Å². The smallest absolute Gasteiger partial charge is 0.149 e. The van der Waals surface area contributed by atoms with Crippen LogP contribution in [0.1, 0.15) is 6.92 Å². The molecule has 0 aromatic carbocycles. The van der Waals surface area contributed by atoms with Crippen molar-refractivity contribution in [3.8, 4) is 0 Å². The van der Waals surface area contributed by atoms with E-state index in [9.17, 15) is 0 Å². The highest BCUT2D eigenvalue weighted by Crippen LogP contribution is 2.18. The lowest BCUT2D eigenvalue weighted by molar-refractivity contribution is 0.141. The number of rotatable bonds is 3. The molecule has 0 atom stereocenters. The SMILES string of the molecule is CCNc1cncc(N2CC(O)C2)n1. The van der Waals surface area contributed by atoms with Gasteiger partial charge in [0.05, 0.1) is 18.5 Å². The molecular weight excluding hydrogens is 180 g/mol. The second-order valence-electron chi connectivity index (χ2n) is 3.35. The van der Waals surface area contributed by atoms with Crippen molar-refractivity contribution >= 4 is 11.6 Å². The summed E-state index contributed by atoms with van der Waals surface area (Å²) >= 11 is 0. The third kappa shape index (κ3) is 1.77. The van der Waals surface area contributed by atoms with Crippen LogP contribution in [-0.2, 0) is 0 Å². The van der Waals surface area contributed by atoms with Crippen LogP contribution in [-0.4, -0.2) is 40.8 Å². The van der Waals surface area contributed by atoms with Crippen molar-refractivity contribution in [2.75, 3.05) is 29.9 Å². The fourth-order valence-electron chi connectivity index (χ4n) is 1.42. The van der Waals surface area contributed by atoms with E-state index in [0.29, 0.717) is 13.1 Å². The van der Waals surface area contributed by atoms with Gasteiger partial charge in [-0.25, -0.2) is 4.98 Å². The van der Waals surface area contributed by atoms with Crippen LogP contribution in [0.2, 0.25) is 0 Å². The Kier molecular flexibility index (Phi) is 2.49. The molecule has 1 aromatic rings. The quantitative estimate of drug-likeness (QED) is 0.714. The normalized spacial score (nSPS) is 16.6. The molecule has 0 aliphatic carbocycles. The third-order valence-electron chi connectivity index (χ3n) is 2.17. The lowest BCUT2D eigenvalue weighted by atomic mass is 10.2. The van der Waals surface area contributed by atoms with Crippen LogP contribution in [0.5, 0.6) is 0 Å². The van der Waals surface area contributed by atoms with E-state index in [1.165, 1.54) is 0 Å². The summed E-state index contributed by atoms with van der Waals surface area (Å²) in [6.07, 6.45) is 3.20. The van der Waals surface area contributed by atoms with Crippen molar-refractivity contribution < 1.29 is 5.11 Å². The highest BCUT2D eigenvalue weighted by atomic mass is 16.3. The van der Waals surface area contributed by atoms with Crippen molar-refractivity contribution in [2.24, 2.45) is 0 Å². The van der Waals surface area contributed by atoms with Crippen LogP contribution in [0.25, 0.3) is 0 Å². The van der Waals surface area contributed by atoms with Gasteiger partial charge in [-0.05, 0) is 6.92 Å². The Hall–Kier alpha value is -1.36. The summed E-state index contributed by atoms with van der Waals surface area (Å²) in [7, 11) is 0. The topological polar surface area (TPSA) is 61.3 Å². The molecular formula is C9H14N4O. The molecule has 2 N–H and O–H groups in total. The number of nitrogens with zero attached hydrogens (tertiary/aromatic N) is 3. The Morgan fingerprint density at radius 2 is 2.36 bits per heavy atom. The molecule has 0 spiro atoms. The second kappa shape index (κ2) is 3.79. The number of β-amino-alcohol motifs (C(OH)–C–C–N with tert-alkyl or cyclic N) is 1. The summed E-state index contributed by atoms with van der Waals surface area (Å²) in [5, 5.41) is 12.2. The summed E-state index contributed by atoms with van der Waals surface area (Å²) < 4.78 is 0. The Bertz CT molecular complexity index is 311. The Labute approximate surface area is 82.8 Å². The minimum Gasteiger partial charge on any atom is -0.389 e. The highest BCUT2D eigenvalue weighted by Gasteiger charge is 2.25. The van der Waals surface area contributed by atoms with Gasteiger partial charge in [-0.3, -0.25) is 4.98 Å². The first kappa shape index (κ1) is 9.21. The molecule has 2 heterocycles. The Morgan fingerprint density at radius 1 is 1.57 bits per heavy atom. The highest BCUT2D eigenvalue weighted by molar-refractivity contribution is 5.45. The van der Waals surface area contributed by atoms with E-state index in [4.69, 9.17) is 5.11 Å². The van der Waals surface area contributed by atoms with Crippen molar-refractivity contribution in [3.05, 3.63) is 12.4 Å². The van der Waals surface area contributed by atoms with Gasteiger partial charge in [0.25, 0.3) is 0 Å². The number of nitrogens with one attached hydrogen (secondary N) is 1. The maximum Gasteiger partial charge on any atom is 0.149 e. The number of aromatic nitrogens is 2. The average molecular weight is 194 g/mol. The molecule has 76 valence electrons. The van der Waals surface area contributed by atoms with Gasteiger partial charge in [-0.1, -0.05) is 0 Å². The molecule has 14 heavy (non-hydrogen) atoms. The number of hydrogen-bond acceptors (Lipinski definition) is 5. The summed E-state index contributed by atoms with van der Waals surface area (Å²) in [5.74, 6) is 1.61. The van der Waals surface area contributed by atoms with E-state index < -0.39 is 0 Å².